The minimum absolute atomic E-state index is 0.449. The Kier molecular flexibility index (Phi) is 6.05. The van der Waals surface area contributed by atoms with Crippen molar-refractivity contribution in [1.82, 2.24) is 10.2 Å². The van der Waals surface area contributed by atoms with E-state index in [2.05, 4.69) is 22.3 Å². The van der Waals surface area contributed by atoms with Crippen LogP contribution in [0.15, 0.2) is 90.6 Å². The third kappa shape index (κ3) is 4.59. The highest BCUT2D eigenvalue weighted by atomic mass is 35.5. The molecule has 33 heavy (non-hydrogen) atoms. The van der Waals surface area contributed by atoms with Gasteiger partial charge in [-0.05, 0) is 49.1 Å². The van der Waals surface area contributed by atoms with Gasteiger partial charge in [-0.2, -0.15) is 5.10 Å². The lowest BCUT2D eigenvalue weighted by atomic mass is 10.0. The number of rotatable bonds is 6. The van der Waals surface area contributed by atoms with E-state index in [9.17, 15) is 0 Å². The van der Waals surface area contributed by atoms with Crippen molar-refractivity contribution in [2.24, 2.45) is 0 Å². The van der Waals surface area contributed by atoms with Gasteiger partial charge in [0, 0.05) is 11.3 Å². The third-order valence-corrected chi connectivity index (χ3v) is 5.83. The van der Waals surface area contributed by atoms with E-state index < -0.39 is 0 Å². The van der Waals surface area contributed by atoms with Crippen LogP contribution in [0.2, 0.25) is 5.02 Å². The number of aromatic amines is 1. The Labute approximate surface area is 197 Å². The van der Waals surface area contributed by atoms with Crippen molar-refractivity contribution in [2.45, 2.75) is 26.4 Å². The van der Waals surface area contributed by atoms with Crippen molar-refractivity contribution >= 4 is 17.4 Å². The van der Waals surface area contributed by atoms with Crippen molar-refractivity contribution in [3.63, 3.8) is 0 Å². The summed E-state index contributed by atoms with van der Waals surface area (Å²) in [6.07, 6.45) is 11.4. The number of ether oxygens (including phenoxy) is 3. The topological polar surface area (TPSA) is 56.4 Å². The van der Waals surface area contributed by atoms with E-state index in [-0.39, 0.29) is 0 Å². The Hall–Kier alpha value is -3.70. The highest BCUT2D eigenvalue weighted by molar-refractivity contribution is 6.32. The van der Waals surface area contributed by atoms with Crippen LogP contribution in [-0.2, 0) is 16.1 Å². The first-order valence-electron chi connectivity index (χ1n) is 10.8. The predicted octanol–water partition coefficient (Wildman–Crippen LogP) is 7.08. The first-order valence-corrected chi connectivity index (χ1v) is 11.2. The summed E-state index contributed by atoms with van der Waals surface area (Å²) in [5.41, 5.74) is 5.48. The van der Waals surface area contributed by atoms with E-state index in [1.54, 1.807) is 12.5 Å². The average molecular weight is 459 g/mol. The number of halogens is 1. The van der Waals surface area contributed by atoms with Crippen LogP contribution in [0.1, 0.15) is 29.7 Å². The van der Waals surface area contributed by atoms with Gasteiger partial charge in [-0.1, -0.05) is 60.2 Å². The molecular weight excluding hydrogens is 436 g/mol. The van der Waals surface area contributed by atoms with Gasteiger partial charge in [0.1, 0.15) is 30.6 Å². The van der Waals surface area contributed by atoms with Gasteiger partial charge in [0.2, 0.25) is 0 Å². The molecule has 1 N–H and O–H groups in total. The van der Waals surface area contributed by atoms with Crippen LogP contribution in [0, 0.1) is 6.92 Å². The monoisotopic (exact) mass is 458 g/mol. The maximum atomic E-state index is 6.56. The lowest BCUT2D eigenvalue weighted by molar-refractivity contribution is 0.285. The van der Waals surface area contributed by atoms with Crippen LogP contribution in [0.4, 0.5) is 0 Å². The predicted molar refractivity (Wildman–Crippen MR) is 129 cm³/mol. The molecule has 1 aromatic heterocycles. The molecule has 0 radical (unpaired) electrons. The molecule has 2 aliphatic rings. The normalized spacial score (nSPS) is 15.2. The molecule has 5 nitrogen and oxygen atoms in total. The highest BCUT2D eigenvalue weighted by Gasteiger charge is 2.23. The molecule has 2 heterocycles. The minimum Gasteiger partial charge on any atom is -0.487 e. The standard InChI is InChI=1S/C27H23ClN2O3/c1-18-26(25-17-31-16-24(33-25)20-10-6-3-7-11-20)27(30-29-18)21-12-13-23(22(28)14-21)32-15-19-8-4-2-5-9-19/h2-6,8-10,12-14,16-17H,7,11,15H2,1H3,(H,29,30). The van der Waals surface area contributed by atoms with Crippen molar-refractivity contribution < 1.29 is 14.2 Å². The maximum absolute atomic E-state index is 6.56. The molecule has 0 spiro atoms. The summed E-state index contributed by atoms with van der Waals surface area (Å²) in [5, 5.41) is 8.10. The van der Waals surface area contributed by atoms with Crippen LogP contribution in [0.25, 0.3) is 17.0 Å². The summed E-state index contributed by atoms with van der Waals surface area (Å²) in [4.78, 5) is 0. The lowest BCUT2D eigenvalue weighted by Crippen LogP contribution is -2.04. The number of H-pyrrole nitrogens is 1. The number of hydrogen-bond acceptors (Lipinski definition) is 4. The van der Waals surface area contributed by atoms with E-state index in [0.29, 0.717) is 28.9 Å². The maximum Gasteiger partial charge on any atom is 0.173 e. The van der Waals surface area contributed by atoms with E-state index in [0.717, 1.165) is 46.5 Å². The number of aryl methyl sites for hydroxylation is 1. The second-order valence-electron chi connectivity index (χ2n) is 7.85. The van der Waals surface area contributed by atoms with Gasteiger partial charge in [0.15, 0.2) is 11.5 Å². The van der Waals surface area contributed by atoms with Crippen molar-refractivity contribution in [2.75, 3.05) is 0 Å². The highest BCUT2D eigenvalue weighted by Crippen LogP contribution is 2.38. The molecule has 0 fully saturated rings. The molecule has 0 atom stereocenters. The molecule has 1 aliphatic carbocycles. The molecule has 3 aromatic rings. The van der Waals surface area contributed by atoms with Gasteiger partial charge in [-0.15, -0.1) is 0 Å². The fourth-order valence-electron chi connectivity index (χ4n) is 3.82. The fraction of sp³-hybridized carbons (Fsp3) is 0.148. The molecule has 1 aliphatic heterocycles. The van der Waals surface area contributed by atoms with Gasteiger partial charge in [-0.25, -0.2) is 0 Å². The van der Waals surface area contributed by atoms with Crippen molar-refractivity contribution in [3.05, 3.63) is 112 Å². The summed E-state index contributed by atoms with van der Waals surface area (Å²) < 4.78 is 17.8. The van der Waals surface area contributed by atoms with Crippen LogP contribution in [0.5, 0.6) is 5.75 Å². The number of benzene rings is 2. The molecule has 0 bridgehead atoms. The molecule has 0 saturated heterocycles. The summed E-state index contributed by atoms with van der Waals surface area (Å²) in [7, 11) is 0. The molecule has 0 unspecified atom stereocenters. The summed E-state index contributed by atoms with van der Waals surface area (Å²) in [6, 6.07) is 15.7. The van der Waals surface area contributed by atoms with Crippen LogP contribution in [0.3, 0.4) is 0 Å². The van der Waals surface area contributed by atoms with E-state index >= 15 is 0 Å². The SMILES string of the molecule is Cc1[nH]nc(-c2ccc(OCc3ccccc3)c(Cl)c2)c1C1=COC=C(C2=CC=CCC2)O1. The summed E-state index contributed by atoms with van der Waals surface area (Å²) in [5.74, 6) is 1.94. The number of hydrogen-bond donors (Lipinski definition) is 1. The van der Waals surface area contributed by atoms with Gasteiger partial charge in [-0.3, -0.25) is 5.10 Å². The number of nitrogens with zero attached hydrogens (tertiary/aromatic N) is 1. The van der Waals surface area contributed by atoms with E-state index in [1.807, 2.05) is 61.5 Å². The van der Waals surface area contributed by atoms with Gasteiger partial charge >= 0.3 is 0 Å². The Morgan fingerprint density at radius 2 is 1.94 bits per heavy atom. The second kappa shape index (κ2) is 9.43. The van der Waals surface area contributed by atoms with Gasteiger partial charge in [0.25, 0.3) is 0 Å². The first-order chi connectivity index (χ1) is 16.2. The summed E-state index contributed by atoms with van der Waals surface area (Å²) >= 11 is 6.56. The van der Waals surface area contributed by atoms with Crippen LogP contribution < -0.4 is 4.74 Å². The number of nitrogens with one attached hydrogen (secondary N) is 1. The molecule has 6 heteroatoms. The smallest absolute Gasteiger partial charge is 0.173 e. The number of allylic oxidation sites excluding steroid dienone is 4. The average Bonchev–Trinajstić information content (AvgIpc) is 3.26. The molecule has 0 amide bonds. The zero-order valence-electron chi connectivity index (χ0n) is 18.2. The number of aromatic nitrogens is 2. The molecular formula is C27H23ClN2O3. The molecule has 2 aromatic carbocycles. The first kappa shape index (κ1) is 21.2. The lowest BCUT2D eigenvalue weighted by Gasteiger charge is -2.20. The fourth-order valence-corrected chi connectivity index (χ4v) is 4.06. The van der Waals surface area contributed by atoms with Crippen molar-refractivity contribution in [1.29, 1.82) is 0 Å². The van der Waals surface area contributed by atoms with Gasteiger partial charge in [0.05, 0.1) is 10.6 Å². The second-order valence-corrected chi connectivity index (χ2v) is 8.26. The Bertz CT molecular complexity index is 1290. The molecule has 5 rings (SSSR count). The third-order valence-electron chi connectivity index (χ3n) is 5.54. The van der Waals surface area contributed by atoms with Crippen LogP contribution in [-0.4, -0.2) is 10.2 Å². The quantitative estimate of drug-likeness (QED) is 0.428. The van der Waals surface area contributed by atoms with E-state index in [1.165, 1.54) is 0 Å². The summed E-state index contributed by atoms with van der Waals surface area (Å²) in [6.45, 7) is 2.40. The minimum atomic E-state index is 0.449. The van der Waals surface area contributed by atoms with E-state index in [4.69, 9.17) is 25.8 Å². The zero-order valence-corrected chi connectivity index (χ0v) is 18.9. The van der Waals surface area contributed by atoms with Crippen molar-refractivity contribution in [3.8, 4) is 17.0 Å². The van der Waals surface area contributed by atoms with Gasteiger partial charge < -0.3 is 14.2 Å². The Morgan fingerprint density at radius 3 is 2.73 bits per heavy atom. The Balaban J connectivity index is 1.38. The molecule has 0 saturated carbocycles. The largest absolute Gasteiger partial charge is 0.487 e. The zero-order chi connectivity index (χ0) is 22.6. The molecule has 166 valence electrons. The van der Waals surface area contributed by atoms with Crippen LogP contribution >= 0.6 is 11.6 Å². The Morgan fingerprint density at radius 1 is 1.09 bits per heavy atom.